The molecule has 3 N–H and O–H groups in total. The smallest absolute Gasteiger partial charge is 0.233 e. The van der Waals surface area contributed by atoms with Gasteiger partial charge in [0.15, 0.2) is 0 Å². The molecular formula is C10H17N5OS. The van der Waals surface area contributed by atoms with E-state index in [0.717, 1.165) is 19.4 Å². The van der Waals surface area contributed by atoms with Crippen molar-refractivity contribution in [2.75, 3.05) is 18.0 Å². The molecule has 0 aromatic carbocycles. The predicted molar refractivity (Wildman–Crippen MR) is 66.5 cm³/mol. The number of nitrogens with zero attached hydrogens (tertiary/aromatic N) is 3. The minimum absolute atomic E-state index is 0.158. The molecule has 2 rings (SSSR count). The van der Waals surface area contributed by atoms with Crippen LogP contribution in [0.2, 0.25) is 0 Å². The van der Waals surface area contributed by atoms with E-state index < -0.39 is 0 Å². The van der Waals surface area contributed by atoms with Crippen molar-refractivity contribution in [2.45, 2.75) is 37.4 Å². The van der Waals surface area contributed by atoms with E-state index in [1.807, 2.05) is 4.90 Å². The number of thioether (sulfide) groups is 1. The van der Waals surface area contributed by atoms with E-state index in [1.54, 1.807) is 0 Å². The highest BCUT2D eigenvalue weighted by Crippen LogP contribution is 2.19. The van der Waals surface area contributed by atoms with Gasteiger partial charge in [0.1, 0.15) is 0 Å². The Morgan fingerprint density at radius 3 is 3.12 bits per heavy atom. The van der Waals surface area contributed by atoms with Crippen molar-refractivity contribution < 1.29 is 4.79 Å². The number of hydrogen-bond donors (Lipinski definition) is 2. The number of hydrogen-bond acceptors (Lipinski definition) is 5. The summed E-state index contributed by atoms with van der Waals surface area (Å²) in [4.78, 5) is 17.9. The third-order valence-corrected chi connectivity index (χ3v) is 3.76. The number of nitrogens with one attached hydrogen (secondary N) is 1. The number of H-pyrrole nitrogens is 1. The summed E-state index contributed by atoms with van der Waals surface area (Å²) < 4.78 is 0. The Morgan fingerprint density at radius 1 is 1.65 bits per heavy atom. The fourth-order valence-electron chi connectivity index (χ4n) is 2.00. The number of nitrogen functional groups attached to an aromatic ring is 1. The van der Waals surface area contributed by atoms with Gasteiger partial charge in [0.2, 0.25) is 17.0 Å². The fourth-order valence-corrected chi connectivity index (χ4v) is 2.69. The van der Waals surface area contributed by atoms with Crippen molar-refractivity contribution in [3.8, 4) is 0 Å². The van der Waals surface area contributed by atoms with Gasteiger partial charge in [0, 0.05) is 12.6 Å². The molecule has 1 atom stereocenters. The van der Waals surface area contributed by atoms with E-state index in [0.29, 0.717) is 17.0 Å². The summed E-state index contributed by atoms with van der Waals surface area (Å²) in [7, 11) is 0. The van der Waals surface area contributed by atoms with Crippen molar-refractivity contribution in [1.29, 1.82) is 0 Å². The molecule has 0 radical (unpaired) electrons. The molecule has 2 heterocycles. The first-order chi connectivity index (χ1) is 8.16. The highest BCUT2D eigenvalue weighted by atomic mass is 32.2. The van der Waals surface area contributed by atoms with Crippen LogP contribution in [0.5, 0.6) is 0 Å². The summed E-state index contributed by atoms with van der Waals surface area (Å²) in [6.07, 6.45) is 3.42. The molecule has 0 unspecified atom stereocenters. The number of piperidine rings is 1. The monoisotopic (exact) mass is 255 g/mol. The van der Waals surface area contributed by atoms with Crippen LogP contribution in [0.25, 0.3) is 0 Å². The number of aromatic amines is 1. The van der Waals surface area contributed by atoms with Crippen LogP contribution in [-0.4, -0.2) is 44.3 Å². The van der Waals surface area contributed by atoms with E-state index in [-0.39, 0.29) is 11.9 Å². The van der Waals surface area contributed by atoms with Gasteiger partial charge >= 0.3 is 0 Å². The molecule has 0 bridgehead atoms. The second-order valence-electron chi connectivity index (χ2n) is 4.22. The van der Waals surface area contributed by atoms with Gasteiger partial charge < -0.3 is 10.6 Å². The summed E-state index contributed by atoms with van der Waals surface area (Å²) in [5, 5.41) is 6.96. The Bertz CT molecular complexity index is 394. The molecule has 1 aromatic heterocycles. The zero-order valence-electron chi connectivity index (χ0n) is 9.85. The number of likely N-dealkylation sites (tertiary alicyclic amines) is 1. The zero-order valence-corrected chi connectivity index (χ0v) is 10.7. The highest BCUT2D eigenvalue weighted by molar-refractivity contribution is 7.99. The normalized spacial score (nSPS) is 20.5. The lowest BCUT2D eigenvalue weighted by molar-refractivity contribution is -0.131. The lowest BCUT2D eigenvalue weighted by Crippen LogP contribution is -2.42. The maximum absolute atomic E-state index is 12.0. The lowest BCUT2D eigenvalue weighted by atomic mass is 10.0. The van der Waals surface area contributed by atoms with E-state index in [4.69, 9.17) is 5.73 Å². The van der Waals surface area contributed by atoms with Crippen molar-refractivity contribution in [1.82, 2.24) is 20.1 Å². The highest BCUT2D eigenvalue weighted by Gasteiger charge is 2.23. The molecule has 1 fully saturated rings. The predicted octanol–water partition coefficient (Wildman–Crippen LogP) is 0.880. The Labute approximate surface area is 104 Å². The van der Waals surface area contributed by atoms with E-state index in [2.05, 4.69) is 22.1 Å². The Kier molecular flexibility index (Phi) is 3.88. The molecule has 1 aromatic rings. The van der Waals surface area contributed by atoms with Crippen LogP contribution >= 0.6 is 11.8 Å². The molecule has 94 valence electrons. The van der Waals surface area contributed by atoms with Gasteiger partial charge in [-0.05, 0) is 26.2 Å². The number of carbonyl (C=O) groups excluding carboxylic acids is 1. The van der Waals surface area contributed by atoms with Crippen molar-refractivity contribution >= 4 is 23.6 Å². The molecular weight excluding hydrogens is 238 g/mol. The van der Waals surface area contributed by atoms with Gasteiger partial charge in [-0.15, -0.1) is 5.10 Å². The van der Waals surface area contributed by atoms with Gasteiger partial charge in [0.05, 0.1) is 5.75 Å². The fraction of sp³-hybridized carbons (Fsp3) is 0.700. The molecule has 0 saturated carbocycles. The van der Waals surface area contributed by atoms with Gasteiger partial charge in [-0.3, -0.25) is 4.79 Å². The first-order valence-corrected chi connectivity index (χ1v) is 6.75. The van der Waals surface area contributed by atoms with Crippen molar-refractivity contribution in [2.24, 2.45) is 0 Å². The molecule has 1 aliphatic rings. The first-order valence-electron chi connectivity index (χ1n) is 5.77. The number of amides is 1. The van der Waals surface area contributed by atoms with Gasteiger partial charge in [-0.25, -0.2) is 5.10 Å². The Morgan fingerprint density at radius 2 is 2.47 bits per heavy atom. The summed E-state index contributed by atoms with van der Waals surface area (Å²) in [6, 6.07) is 0.356. The van der Waals surface area contributed by atoms with Gasteiger partial charge in [-0.2, -0.15) is 4.98 Å². The van der Waals surface area contributed by atoms with Crippen LogP contribution in [0.3, 0.4) is 0 Å². The van der Waals surface area contributed by atoms with E-state index in [9.17, 15) is 4.79 Å². The minimum Gasteiger partial charge on any atom is -0.368 e. The Hall–Kier alpha value is -1.24. The van der Waals surface area contributed by atoms with Crippen molar-refractivity contribution in [3.63, 3.8) is 0 Å². The third-order valence-electron chi connectivity index (χ3n) is 2.93. The van der Waals surface area contributed by atoms with Crippen molar-refractivity contribution in [3.05, 3.63) is 0 Å². The van der Waals surface area contributed by atoms with Crippen LogP contribution in [0, 0.1) is 0 Å². The number of nitrogens with two attached hydrogens (primary N) is 1. The zero-order chi connectivity index (χ0) is 12.3. The van der Waals surface area contributed by atoms with Crippen LogP contribution in [0.4, 0.5) is 5.95 Å². The van der Waals surface area contributed by atoms with Crippen LogP contribution in [0.1, 0.15) is 26.2 Å². The number of rotatable bonds is 3. The van der Waals surface area contributed by atoms with Gasteiger partial charge in [-0.1, -0.05) is 11.8 Å². The third kappa shape index (κ3) is 3.12. The maximum Gasteiger partial charge on any atom is 0.233 e. The largest absolute Gasteiger partial charge is 0.368 e. The molecule has 1 saturated heterocycles. The number of carbonyl (C=O) groups is 1. The number of aromatic nitrogens is 3. The van der Waals surface area contributed by atoms with Crippen LogP contribution < -0.4 is 5.73 Å². The Balaban J connectivity index is 1.84. The quantitative estimate of drug-likeness (QED) is 0.783. The minimum atomic E-state index is 0.158. The summed E-state index contributed by atoms with van der Waals surface area (Å²) in [5.41, 5.74) is 5.41. The standard InChI is InChI=1S/C10H17N5OS/c1-7-4-2-3-5-15(7)8(16)6-17-10-12-9(11)13-14-10/h7H,2-6H2,1H3,(H3,11,12,13,14)/t7-/m1/s1. The first kappa shape index (κ1) is 12.2. The van der Waals surface area contributed by atoms with E-state index in [1.165, 1.54) is 18.2 Å². The second-order valence-corrected chi connectivity index (χ2v) is 5.17. The molecule has 1 aliphatic heterocycles. The molecule has 1 amide bonds. The molecule has 6 nitrogen and oxygen atoms in total. The molecule has 17 heavy (non-hydrogen) atoms. The number of anilines is 1. The maximum atomic E-state index is 12.0. The second kappa shape index (κ2) is 5.39. The average molecular weight is 255 g/mol. The topological polar surface area (TPSA) is 87.9 Å². The lowest BCUT2D eigenvalue weighted by Gasteiger charge is -2.33. The molecule has 7 heteroatoms. The molecule has 0 spiro atoms. The average Bonchev–Trinajstić information content (AvgIpc) is 2.73. The van der Waals surface area contributed by atoms with Crippen LogP contribution in [-0.2, 0) is 4.79 Å². The summed E-state index contributed by atoms with van der Waals surface area (Å²) in [6.45, 7) is 2.98. The molecule has 0 aliphatic carbocycles. The SMILES string of the molecule is C[C@@H]1CCCCN1C(=O)CSc1n[nH]c(N)n1. The van der Waals surface area contributed by atoms with Gasteiger partial charge in [0.25, 0.3) is 0 Å². The summed E-state index contributed by atoms with van der Waals surface area (Å²) in [5.74, 6) is 0.818. The summed E-state index contributed by atoms with van der Waals surface area (Å²) >= 11 is 1.32. The van der Waals surface area contributed by atoms with Crippen LogP contribution in [0.15, 0.2) is 5.16 Å². The van der Waals surface area contributed by atoms with E-state index >= 15 is 0 Å².